The molecule has 6 nitrogen and oxygen atoms in total. The molecule has 0 saturated heterocycles. The summed E-state index contributed by atoms with van der Waals surface area (Å²) in [7, 11) is 0. The van der Waals surface area contributed by atoms with Gasteiger partial charge in [-0.25, -0.2) is 15.0 Å². The van der Waals surface area contributed by atoms with Crippen molar-refractivity contribution in [3.8, 4) is 0 Å². The summed E-state index contributed by atoms with van der Waals surface area (Å²) in [5.74, 6) is 0.393. The van der Waals surface area contributed by atoms with E-state index in [4.69, 9.17) is 10.5 Å². The highest BCUT2D eigenvalue weighted by atomic mass is 16.5. The van der Waals surface area contributed by atoms with E-state index >= 15 is 0 Å². The number of rotatable bonds is 1. The topological polar surface area (TPSA) is 78.9 Å². The van der Waals surface area contributed by atoms with E-state index in [2.05, 4.69) is 15.0 Å². The van der Waals surface area contributed by atoms with Crippen LogP contribution in [0, 0.1) is 0 Å². The molecule has 2 aromatic heterocycles. The van der Waals surface area contributed by atoms with Crippen molar-refractivity contribution in [3.05, 3.63) is 25.0 Å². The van der Waals surface area contributed by atoms with Gasteiger partial charge in [-0.05, 0) is 6.08 Å². The zero-order valence-corrected chi connectivity index (χ0v) is 7.87. The lowest BCUT2D eigenvalue weighted by Crippen LogP contribution is -2.06. The van der Waals surface area contributed by atoms with E-state index in [1.54, 1.807) is 12.6 Å². The number of hydrogen-bond acceptors (Lipinski definition) is 5. The van der Waals surface area contributed by atoms with Crippen molar-refractivity contribution in [2.45, 2.75) is 12.6 Å². The third-order valence-corrected chi connectivity index (χ3v) is 2.37. The molecule has 1 aliphatic heterocycles. The zero-order valence-electron chi connectivity index (χ0n) is 7.87. The minimum absolute atomic E-state index is 0.0655. The molecular formula is C9H9N5O. The number of ether oxygens (including phenoxy) is 1. The van der Waals surface area contributed by atoms with Crippen LogP contribution in [-0.4, -0.2) is 19.5 Å². The summed E-state index contributed by atoms with van der Waals surface area (Å²) in [4.78, 5) is 12.2. The van der Waals surface area contributed by atoms with Crippen LogP contribution < -0.4 is 5.73 Å². The Bertz CT molecular complexity index is 524. The van der Waals surface area contributed by atoms with Crippen molar-refractivity contribution in [2.75, 3.05) is 5.73 Å². The number of nitrogens with zero attached hydrogens (tertiary/aromatic N) is 4. The molecule has 76 valence electrons. The van der Waals surface area contributed by atoms with Gasteiger partial charge in [-0.2, -0.15) is 0 Å². The number of nitrogens with two attached hydrogens (primary N) is 1. The summed E-state index contributed by atoms with van der Waals surface area (Å²) in [6.07, 6.45) is 7.49. The average molecular weight is 203 g/mol. The zero-order chi connectivity index (χ0) is 10.3. The largest absolute Gasteiger partial charge is 0.478 e. The van der Waals surface area contributed by atoms with E-state index in [1.807, 2.05) is 10.6 Å². The Morgan fingerprint density at radius 1 is 1.40 bits per heavy atom. The molecule has 0 spiro atoms. The monoisotopic (exact) mass is 203 g/mol. The predicted octanol–water partition coefficient (Wildman–Crippen LogP) is 0.841. The molecule has 3 rings (SSSR count). The van der Waals surface area contributed by atoms with Gasteiger partial charge in [0.1, 0.15) is 18.2 Å². The quantitative estimate of drug-likeness (QED) is 0.743. The van der Waals surface area contributed by atoms with E-state index in [1.165, 1.54) is 6.33 Å². The normalized spacial score (nSPS) is 19.6. The standard InChI is InChI=1S/C9H9N5O/c10-8-7-9(12-4-11-8)14(5-13-7)6-2-1-3-15-6/h1,3-6H,2H2,(H2,10,11,12). The fourth-order valence-corrected chi connectivity index (χ4v) is 1.63. The lowest BCUT2D eigenvalue weighted by molar-refractivity contribution is 0.108. The second kappa shape index (κ2) is 2.94. The highest BCUT2D eigenvalue weighted by Gasteiger charge is 2.17. The first-order valence-electron chi connectivity index (χ1n) is 4.60. The van der Waals surface area contributed by atoms with Crippen molar-refractivity contribution in [1.82, 2.24) is 19.5 Å². The van der Waals surface area contributed by atoms with Crippen LogP contribution in [0.5, 0.6) is 0 Å². The van der Waals surface area contributed by atoms with Gasteiger partial charge in [0.15, 0.2) is 17.7 Å². The van der Waals surface area contributed by atoms with Crippen LogP contribution in [0.4, 0.5) is 5.82 Å². The molecule has 1 unspecified atom stereocenters. The van der Waals surface area contributed by atoms with Crippen LogP contribution in [0.1, 0.15) is 12.6 Å². The van der Waals surface area contributed by atoms with Crippen LogP contribution in [0.2, 0.25) is 0 Å². The first-order chi connectivity index (χ1) is 7.36. The number of aromatic nitrogens is 4. The maximum Gasteiger partial charge on any atom is 0.181 e. The molecule has 1 aliphatic rings. The summed E-state index contributed by atoms with van der Waals surface area (Å²) in [6, 6.07) is 0. The van der Waals surface area contributed by atoms with Gasteiger partial charge in [0.25, 0.3) is 0 Å². The SMILES string of the molecule is Nc1ncnc2c1ncn2C1CC=CO1. The van der Waals surface area contributed by atoms with Gasteiger partial charge in [-0.15, -0.1) is 0 Å². The maximum atomic E-state index is 5.68. The van der Waals surface area contributed by atoms with E-state index < -0.39 is 0 Å². The molecule has 0 bridgehead atoms. The Kier molecular flexibility index (Phi) is 1.61. The van der Waals surface area contributed by atoms with Gasteiger partial charge in [0, 0.05) is 6.42 Å². The number of imidazole rings is 1. The second-order valence-electron chi connectivity index (χ2n) is 3.28. The smallest absolute Gasteiger partial charge is 0.181 e. The van der Waals surface area contributed by atoms with Crippen molar-refractivity contribution < 1.29 is 4.74 Å². The second-order valence-corrected chi connectivity index (χ2v) is 3.28. The minimum atomic E-state index is -0.0655. The molecule has 15 heavy (non-hydrogen) atoms. The van der Waals surface area contributed by atoms with Crippen LogP contribution in [0.15, 0.2) is 25.0 Å². The Morgan fingerprint density at radius 2 is 2.33 bits per heavy atom. The molecule has 6 heteroatoms. The third kappa shape index (κ3) is 1.14. The van der Waals surface area contributed by atoms with Gasteiger partial charge < -0.3 is 10.5 Å². The molecule has 2 aromatic rings. The lowest BCUT2D eigenvalue weighted by atomic mass is 10.4. The lowest BCUT2D eigenvalue weighted by Gasteiger charge is -2.11. The number of nitrogen functional groups attached to an aromatic ring is 1. The molecule has 2 N–H and O–H groups in total. The van der Waals surface area contributed by atoms with Crippen LogP contribution in [0.3, 0.4) is 0 Å². The Balaban J connectivity index is 2.16. The van der Waals surface area contributed by atoms with Crippen molar-refractivity contribution in [2.24, 2.45) is 0 Å². The van der Waals surface area contributed by atoms with Gasteiger partial charge in [-0.1, -0.05) is 0 Å². The molecular weight excluding hydrogens is 194 g/mol. The van der Waals surface area contributed by atoms with Crippen molar-refractivity contribution in [3.63, 3.8) is 0 Å². The number of anilines is 1. The van der Waals surface area contributed by atoms with E-state index in [0.717, 1.165) is 6.42 Å². The van der Waals surface area contributed by atoms with Crippen LogP contribution >= 0.6 is 0 Å². The summed E-state index contributed by atoms with van der Waals surface area (Å²) < 4.78 is 7.24. The first kappa shape index (κ1) is 8.22. The molecule has 1 atom stereocenters. The Hall–Kier alpha value is -2.11. The number of hydrogen-bond donors (Lipinski definition) is 1. The molecule has 3 heterocycles. The summed E-state index contributed by atoms with van der Waals surface area (Å²) in [5, 5.41) is 0. The predicted molar refractivity (Wildman–Crippen MR) is 53.6 cm³/mol. The molecule has 0 saturated carbocycles. The Labute approximate surface area is 85.4 Å². The molecule has 0 amide bonds. The average Bonchev–Trinajstić information content (AvgIpc) is 2.85. The summed E-state index contributed by atoms with van der Waals surface area (Å²) in [5.41, 5.74) is 7.01. The highest BCUT2D eigenvalue weighted by Crippen LogP contribution is 2.25. The Morgan fingerprint density at radius 3 is 3.13 bits per heavy atom. The highest BCUT2D eigenvalue weighted by molar-refractivity contribution is 5.81. The third-order valence-electron chi connectivity index (χ3n) is 2.37. The maximum absolute atomic E-state index is 5.68. The van der Waals surface area contributed by atoms with E-state index in [9.17, 15) is 0 Å². The van der Waals surface area contributed by atoms with Crippen LogP contribution in [-0.2, 0) is 4.74 Å². The summed E-state index contributed by atoms with van der Waals surface area (Å²) >= 11 is 0. The first-order valence-corrected chi connectivity index (χ1v) is 4.60. The minimum Gasteiger partial charge on any atom is -0.478 e. The van der Waals surface area contributed by atoms with E-state index in [0.29, 0.717) is 17.0 Å². The number of fused-ring (bicyclic) bond motifs is 1. The van der Waals surface area contributed by atoms with Gasteiger partial charge in [-0.3, -0.25) is 4.57 Å². The van der Waals surface area contributed by atoms with Crippen molar-refractivity contribution >= 4 is 17.0 Å². The fourth-order valence-electron chi connectivity index (χ4n) is 1.63. The van der Waals surface area contributed by atoms with Crippen LogP contribution in [0.25, 0.3) is 11.2 Å². The fraction of sp³-hybridized carbons (Fsp3) is 0.222. The summed E-state index contributed by atoms with van der Waals surface area (Å²) in [6.45, 7) is 0. The van der Waals surface area contributed by atoms with Gasteiger partial charge >= 0.3 is 0 Å². The molecule has 0 aromatic carbocycles. The van der Waals surface area contributed by atoms with Gasteiger partial charge in [0.05, 0.1) is 6.26 Å². The van der Waals surface area contributed by atoms with E-state index in [-0.39, 0.29) is 6.23 Å². The molecule has 0 radical (unpaired) electrons. The van der Waals surface area contributed by atoms with Gasteiger partial charge in [0.2, 0.25) is 0 Å². The molecule has 0 fully saturated rings. The van der Waals surface area contributed by atoms with Crippen molar-refractivity contribution in [1.29, 1.82) is 0 Å². The molecule has 0 aliphatic carbocycles.